The molecule has 0 amide bonds. The lowest BCUT2D eigenvalue weighted by Crippen LogP contribution is -2.19. The number of aromatic nitrogens is 3. The molecular formula is C17H14ClN3O3S. The molecule has 1 aromatic carbocycles. The average Bonchev–Trinajstić information content (AvgIpc) is 2.56. The Labute approximate surface area is 153 Å². The Hall–Kier alpha value is -2.51. The molecule has 0 unspecified atom stereocenters. The van der Waals surface area contributed by atoms with Gasteiger partial charge in [0.25, 0.3) is 5.56 Å². The average molecular weight is 376 g/mol. The number of pyridine rings is 1. The predicted octanol–water partition coefficient (Wildman–Crippen LogP) is 3.50. The van der Waals surface area contributed by atoms with E-state index >= 15 is 0 Å². The number of hydrogen-bond donors (Lipinski definition) is 1. The summed E-state index contributed by atoms with van der Waals surface area (Å²) in [6, 6.07) is 7.55. The van der Waals surface area contributed by atoms with Crippen molar-refractivity contribution in [3.05, 3.63) is 61.2 Å². The Morgan fingerprint density at radius 2 is 2.08 bits per heavy atom. The van der Waals surface area contributed by atoms with E-state index in [-0.39, 0.29) is 26.4 Å². The number of carbonyl (C=O) groups is 1. The number of fused-ring (bicyclic) bond motifs is 1. The molecule has 3 aromatic rings. The lowest BCUT2D eigenvalue weighted by atomic mass is 10.1. The van der Waals surface area contributed by atoms with E-state index in [1.54, 1.807) is 11.5 Å². The van der Waals surface area contributed by atoms with E-state index in [4.69, 9.17) is 28.6 Å². The number of carbonyl (C=O) groups excluding carboxylic acids is 1. The van der Waals surface area contributed by atoms with Crippen LogP contribution in [0.5, 0.6) is 0 Å². The zero-order valence-corrected chi connectivity index (χ0v) is 15.3. The van der Waals surface area contributed by atoms with Crippen LogP contribution in [0.25, 0.3) is 16.7 Å². The van der Waals surface area contributed by atoms with Crippen molar-refractivity contribution < 1.29 is 9.53 Å². The minimum atomic E-state index is -0.709. The summed E-state index contributed by atoms with van der Waals surface area (Å²) in [7, 11) is 1.23. The van der Waals surface area contributed by atoms with Crippen molar-refractivity contribution in [2.45, 2.75) is 13.8 Å². The Bertz CT molecular complexity index is 1130. The molecule has 8 heteroatoms. The van der Waals surface area contributed by atoms with Gasteiger partial charge in [0.1, 0.15) is 0 Å². The normalized spacial score (nSPS) is 10.9. The SMILES string of the molecule is COC(=O)c1c(Cl)c(C)nc2c1c(=O)[nH]c(=S)n2-c1cccc(C)c1. The van der Waals surface area contributed by atoms with Crippen molar-refractivity contribution in [1.29, 1.82) is 0 Å². The third kappa shape index (κ3) is 2.85. The van der Waals surface area contributed by atoms with E-state index in [2.05, 4.69) is 9.97 Å². The summed E-state index contributed by atoms with van der Waals surface area (Å²) in [5.74, 6) is -0.709. The van der Waals surface area contributed by atoms with Crippen LogP contribution in [-0.4, -0.2) is 27.6 Å². The van der Waals surface area contributed by atoms with Crippen molar-refractivity contribution in [1.82, 2.24) is 14.5 Å². The summed E-state index contributed by atoms with van der Waals surface area (Å²) in [6.07, 6.45) is 0. The molecule has 0 atom stereocenters. The van der Waals surface area contributed by atoms with Gasteiger partial charge in [-0.15, -0.1) is 0 Å². The maximum Gasteiger partial charge on any atom is 0.340 e. The van der Waals surface area contributed by atoms with Crippen LogP contribution in [0.2, 0.25) is 5.02 Å². The number of H-pyrrole nitrogens is 1. The maximum atomic E-state index is 12.5. The molecule has 1 N–H and O–H groups in total. The largest absolute Gasteiger partial charge is 0.465 e. The molecule has 0 radical (unpaired) electrons. The van der Waals surface area contributed by atoms with Gasteiger partial charge >= 0.3 is 5.97 Å². The minimum absolute atomic E-state index is 0.0238. The summed E-state index contributed by atoms with van der Waals surface area (Å²) in [4.78, 5) is 31.7. The first-order valence-corrected chi connectivity index (χ1v) is 8.14. The van der Waals surface area contributed by atoms with E-state index in [1.165, 1.54) is 7.11 Å². The number of halogens is 1. The molecule has 0 saturated carbocycles. The molecule has 0 bridgehead atoms. The van der Waals surface area contributed by atoms with Gasteiger partial charge in [-0.2, -0.15) is 0 Å². The van der Waals surface area contributed by atoms with E-state index in [0.29, 0.717) is 5.69 Å². The fourth-order valence-electron chi connectivity index (χ4n) is 2.66. The molecule has 0 fully saturated rings. The number of aromatic amines is 1. The third-order valence-corrected chi connectivity index (χ3v) is 4.54. The van der Waals surface area contributed by atoms with Crippen LogP contribution < -0.4 is 5.56 Å². The van der Waals surface area contributed by atoms with E-state index in [1.807, 2.05) is 31.2 Å². The minimum Gasteiger partial charge on any atom is -0.465 e. The van der Waals surface area contributed by atoms with Gasteiger partial charge in [0.05, 0.1) is 34.5 Å². The molecule has 0 saturated heterocycles. The van der Waals surface area contributed by atoms with Gasteiger partial charge in [-0.1, -0.05) is 23.7 Å². The second kappa shape index (κ2) is 6.42. The summed E-state index contributed by atoms with van der Waals surface area (Å²) >= 11 is 11.6. The molecular weight excluding hydrogens is 362 g/mol. The molecule has 6 nitrogen and oxygen atoms in total. The van der Waals surface area contributed by atoms with Gasteiger partial charge in [-0.25, -0.2) is 9.78 Å². The number of nitrogens with zero attached hydrogens (tertiary/aromatic N) is 2. The number of aryl methyl sites for hydroxylation is 2. The second-order valence-corrected chi connectivity index (χ2v) is 6.27. The van der Waals surface area contributed by atoms with Crippen LogP contribution in [-0.2, 0) is 4.74 Å². The van der Waals surface area contributed by atoms with Gasteiger partial charge in [0, 0.05) is 0 Å². The van der Waals surface area contributed by atoms with Crippen molar-refractivity contribution in [2.24, 2.45) is 0 Å². The number of ether oxygens (including phenoxy) is 1. The van der Waals surface area contributed by atoms with Crippen molar-refractivity contribution >= 4 is 40.8 Å². The van der Waals surface area contributed by atoms with Crippen LogP contribution in [0.1, 0.15) is 21.6 Å². The summed E-state index contributed by atoms with van der Waals surface area (Å²) in [5.41, 5.74) is 1.81. The highest BCUT2D eigenvalue weighted by Crippen LogP contribution is 2.27. The Morgan fingerprint density at radius 3 is 2.72 bits per heavy atom. The molecule has 0 spiro atoms. The third-order valence-electron chi connectivity index (χ3n) is 3.80. The van der Waals surface area contributed by atoms with Crippen molar-refractivity contribution in [2.75, 3.05) is 7.11 Å². The smallest absolute Gasteiger partial charge is 0.340 e. The Kier molecular flexibility index (Phi) is 4.45. The highest BCUT2D eigenvalue weighted by Gasteiger charge is 2.23. The number of rotatable bonds is 2. The maximum absolute atomic E-state index is 12.5. The fraction of sp³-hybridized carbons (Fsp3) is 0.176. The van der Waals surface area contributed by atoms with Gasteiger partial charge < -0.3 is 4.74 Å². The first-order valence-electron chi connectivity index (χ1n) is 7.35. The molecule has 2 aromatic heterocycles. The molecule has 25 heavy (non-hydrogen) atoms. The highest BCUT2D eigenvalue weighted by molar-refractivity contribution is 7.71. The first-order chi connectivity index (χ1) is 11.8. The van der Waals surface area contributed by atoms with Crippen LogP contribution in [0, 0.1) is 18.6 Å². The van der Waals surface area contributed by atoms with Gasteiger partial charge in [-0.05, 0) is 43.8 Å². The highest BCUT2D eigenvalue weighted by atomic mass is 35.5. The van der Waals surface area contributed by atoms with Gasteiger partial charge in [0.2, 0.25) is 0 Å². The number of hydrogen-bond acceptors (Lipinski definition) is 5. The van der Waals surface area contributed by atoms with Gasteiger partial charge in [0.15, 0.2) is 10.4 Å². The standard InChI is InChI=1S/C17H14ClN3O3S/c1-8-5-4-6-10(7-8)21-14-12(15(22)20-17(21)25)11(16(23)24-3)13(18)9(2)19-14/h4-7H,1-3H3,(H,20,22,25). The number of benzene rings is 1. The van der Waals surface area contributed by atoms with Crippen LogP contribution in [0.3, 0.4) is 0 Å². The van der Waals surface area contributed by atoms with Crippen LogP contribution in [0.4, 0.5) is 0 Å². The topological polar surface area (TPSA) is 77.0 Å². The second-order valence-electron chi connectivity index (χ2n) is 5.51. The quantitative estimate of drug-likeness (QED) is 0.548. The van der Waals surface area contributed by atoms with Crippen molar-refractivity contribution in [3.8, 4) is 5.69 Å². The van der Waals surface area contributed by atoms with E-state index in [9.17, 15) is 9.59 Å². The van der Waals surface area contributed by atoms with E-state index in [0.717, 1.165) is 11.3 Å². The molecule has 3 rings (SSSR count). The van der Waals surface area contributed by atoms with Crippen molar-refractivity contribution in [3.63, 3.8) is 0 Å². The first kappa shape index (κ1) is 17.3. The number of esters is 1. The molecule has 0 aliphatic rings. The predicted molar refractivity (Wildman–Crippen MR) is 98.3 cm³/mol. The molecule has 128 valence electrons. The molecule has 2 heterocycles. The number of methoxy groups -OCH3 is 1. The van der Waals surface area contributed by atoms with Crippen LogP contribution in [0.15, 0.2) is 29.1 Å². The van der Waals surface area contributed by atoms with E-state index < -0.39 is 11.5 Å². The zero-order valence-electron chi connectivity index (χ0n) is 13.7. The summed E-state index contributed by atoms with van der Waals surface area (Å²) < 4.78 is 6.57. The van der Waals surface area contributed by atoms with Gasteiger partial charge in [-0.3, -0.25) is 14.3 Å². The fourth-order valence-corrected chi connectivity index (χ4v) is 3.15. The molecule has 0 aliphatic heterocycles. The molecule has 0 aliphatic carbocycles. The Balaban J connectivity index is 2.57. The summed E-state index contributed by atoms with van der Waals surface area (Å²) in [5, 5.41) is 0.121. The monoisotopic (exact) mass is 375 g/mol. The summed E-state index contributed by atoms with van der Waals surface area (Å²) in [6.45, 7) is 3.59. The zero-order chi connectivity index (χ0) is 18.3. The lowest BCUT2D eigenvalue weighted by Gasteiger charge is -2.14. The lowest BCUT2D eigenvalue weighted by molar-refractivity contribution is 0.0603. The van der Waals surface area contributed by atoms with Crippen LogP contribution >= 0.6 is 23.8 Å². The Morgan fingerprint density at radius 1 is 1.36 bits per heavy atom. The number of nitrogens with one attached hydrogen (secondary N) is 1.